The maximum Gasteiger partial charge on any atom is 0.260 e. The molecular weight excluding hydrogens is 339 g/mol. The van der Waals surface area contributed by atoms with Crippen LogP contribution in [-0.2, 0) is 11.3 Å². The fraction of sp³-hybridized carbons (Fsp3) is 0.316. The SMILES string of the molecule is O=NCc1ccc(OCC(=O)N2CCC(Oc3cccc(F)c3)C2)cc1. The summed E-state index contributed by atoms with van der Waals surface area (Å²) in [6.45, 7) is 1.06. The predicted molar refractivity (Wildman–Crippen MR) is 93.4 cm³/mol. The van der Waals surface area contributed by atoms with Crippen molar-refractivity contribution in [2.24, 2.45) is 5.18 Å². The molecule has 0 radical (unpaired) electrons. The molecule has 0 bridgehead atoms. The molecule has 2 aromatic rings. The smallest absolute Gasteiger partial charge is 0.260 e. The van der Waals surface area contributed by atoms with Crippen molar-refractivity contribution in [3.8, 4) is 11.5 Å². The molecule has 26 heavy (non-hydrogen) atoms. The number of halogens is 1. The summed E-state index contributed by atoms with van der Waals surface area (Å²) >= 11 is 0. The Morgan fingerprint density at radius 1 is 1.19 bits per heavy atom. The van der Waals surface area contributed by atoms with E-state index in [1.807, 2.05) is 0 Å². The van der Waals surface area contributed by atoms with Crippen LogP contribution >= 0.6 is 0 Å². The van der Waals surface area contributed by atoms with Gasteiger partial charge in [0.25, 0.3) is 5.91 Å². The highest BCUT2D eigenvalue weighted by Gasteiger charge is 2.27. The lowest BCUT2D eigenvalue weighted by Gasteiger charge is -2.17. The van der Waals surface area contributed by atoms with Crippen LogP contribution in [0.15, 0.2) is 53.7 Å². The monoisotopic (exact) mass is 358 g/mol. The van der Waals surface area contributed by atoms with E-state index in [9.17, 15) is 14.1 Å². The van der Waals surface area contributed by atoms with E-state index in [0.29, 0.717) is 31.0 Å². The van der Waals surface area contributed by atoms with Crippen molar-refractivity contribution < 1.29 is 18.7 Å². The van der Waals surface area contributed by atoms with Crippen molar-refractivity contribution in [3.05, 3.63) is 64.8 Å². The minimum atomic E-state index is -0.350. The Labute approximate surface area is 150 Å². The van der Waals surface area contributed by atoms with Gasteiger partial charge < -0.3 is 14.4 Å². The number of benzene rings is 2. The van der Waals surface area contributed by atoms with Crippen molar-refractivity contribution in [2.75, 3.05) is 19.7 Å². The fourth-order valence-electron chi connectivity index (χ4n) is 2.79. The molecule has 0 saturated carbocycles. The van der Waals surface area contributed by atoms with Gasteiger partial charge in [-0.1, -0.05) is 23.4 Å². The maximum atomic E-state index is 13.2. The molecule has 0 spiro atoms. The van der Waals surface area contributed by atoms with Crippen LogP contribution < -0.4 is 9.47 Å². The van der Waals surface area contributed by atoms with E-state index in [0.717, 1.165) is 5.56 Å². The quantitative estimate of drug-likeness (QED) is 0.713. The molecule has 3 rings (SSSR count). The number of nitroso groups, excluding NO2 is 1. The summed E-state index contributed by atoms with van der Waals surface area (Å²) in [5.41, 5.74) is 0.788. The van der Waals surface area contributed by atoms with Crippen molar-refractivity contribution in [3.63, 3.8) is 0 Å². The molecule has 1 fully saturated rings. The zero-order valence-electron chi connectivity index (χ0n) is 14.1. The minimum Gasteiger partial charge on any atom is -0.488 e. The molecule has 136 valence electrons. The van der Waals surface area contributed by atoms with E-state index in [1.165, 1.54) is 12.1 Å². The van der Waals surface area contributed by atoms with E-state index in [2.05, 4.69) is 5.18 Å². The topological polar surface area (TPSA) is 68.2 Å². The first-order valence-electron chi connectivity index (χ1n) is 8.35. The number of likely N-dealkylation sites (tertiary alicyclic amines) is 1. The Hall–Kier alpha value is -2.96. The molecule has 1 saturated heterocycles. The van der Waals surface area contributed by atoms with E-state index in [1.54, 1.807) is 41.3 Å². The lowest BCUT2D eigenvalue weighted by molar-refractivity contribution is -0.132. The molecule has 0 aliphatic carbocycles. The lowest BCUT2D eigenvalue weighted by Crippen LogP contribution is -2.34. The summed E-state index contributed by atoms with van der Waals surface area (Å²) in [6, 6.07) is 12.8. The van der Waals surface area contributed by atoms with Crippen LogP contribution in [0, 0.1) is 10.7 Å². The molecule has 1 aliphatic rings. The third-order valence-electron chi connectivity index (χ3n) is 4.13. The standard InChI is InChI=1S/C19H19FN2O4/c20-15-2-1-3-17(10-15)26-18-8-9-22(12-18)19(23)13-25-16-6-4-14(5-7-16)11-21-24/h1-7,10,18H,8-9,11-13H2. The second kappa shape index (κ2) is 8.42. The summed E-state index contributed by atoms with van der Waals surface area (Å²) < 4.78 is 24.4. The van der Waals surface area contributed by atoms with Gasteiger partial charge in [0, 0.05) is 19.0 Å². The average Bonchev–Trinajstić information content (AvgIpc) is 3.10. The number of nitrogens with zero attached hydrogens (tertiary/aromatic N) is 2. The van der Waals surface area contributed by atoms with E-state index < -0.39 is 0 Å². The highest BCUT2D eigenvalue weighted by atomic mass is 19.1. The number of hydrogen-bond acceptors (Lipinski definition) is 5. The third kappa shape index (κ3) is 4.78. The van der Waals surface area contributed by atoms with Crippen LogP contribution in [-0.4, -0.2) is 36.6 Å². The number of carbonyl (C=O) groups excluding carboxylic acids is 1. The maximum absolute atomic E-state index is 13.2. The molecule has 6 nitrogen and oxygen atoms in total. The Bertz CT molecular complexity index is 766. The highest BCUT2D eigenvalue weighted by Crippen LogP contribution is 2.20. The largest absolute Gasteiger partial charge is 0.488 e. The van der Waals surface area contributed by atoms with Crippen LogP contribution in [0.2, 0.25) is 0 Å². The molecule has 2 aromatic carbocycles. The zero-order chi connectivity index (χ0) is 18.4. The first-order chi connectivity index (χ1) is 12.6. The molecule has 1 atom stereocenters. The van der Waals surface area contributed by atoms with Crippen LogP contribution in [0.3, 0.4) is 0 Å². The van der Waals surface area contributed by atoms with Gasteiger partial charge in [-0.25, -0.2) is 4.39 Å². The van der Waals surface area contributed by atoms with Gasteiger partial charge in [-0.05, 0) is 29.8 Å². The molecular formula is C19H19FN2O4. The van der Waals surface area contributed by atoms with Crippen LogP contribution in [0.5, 0.6) is 11.5 Å². The summed E-state index contributed by atoms with van der Waals surface area (Å²) in [5, 5.41) is 2.82. The van der Waals surface area contributed by atoms with Crippen LogP contribution in [0.1, 0.15) is 12.0 Å². The van der Waals surface area contributed by atoms with E-state index in [4.69, 9.17) is 9.47 Å². The summed E-state index contributed by atoms with van der Waals surface area (Å²) in [6.07, 6.45) is 0.534. The summed E-state index contributed by atoms with van der Waals surface area (Å²) in [5.74, 6) is 0.538. The average molecular weight is 358 g/mol. The number of ether oxygens (including phenoxy) is 2. The lowest BCUT2D eigenvalue weighted by atomic mass is 10.2. The zero-order valence-corrected chi connectivity index (χ0v) is 14.1. The second-order valence-corrected chi connectivity index (χ2v) is 6.05. The fourth-order valence-corrected chi connectivity index (χ4v) is 2.79. The third-order valence-corrected chi connectivity index (χ3v) is 4.13. The second-order valence-electron chi connectivity index (χ2n) is 6.05. The number of amides is 1. The number of carbonyl (C=O) groups is 1. The van der Waals surface area contributed by atoms with Crippen molar-refractivity contribution in [1.29, 1.82) is 0 Å². The summed E-state index contributed by atoms with van der Waals surface area (Å²) in [7, 11) is 0. The van der Waals surface area contributed by atoms with Gasteiger partial charge in [0.2, 0.25) is 0 Å². The van der Waals surface area contributed by atoms with Gasteiger partial charge in [0.15, 0.2) is 6.61 Å². The van der Waals surface area contributed by atoms with Gasteiger partial charge in [0.05, 0.1) is 6.54 Å². The van der Waals surface area contributed by atoms with Crippen molar-refractivity contribution >= 4 is 5.91 Å². The molecule has 1 unspecified atom stereocenters. The van der Waals surface area contributed by atoms with Crippen LogP contribution in [0.4, 0.5) is 4.39 Å². The highest BCUT2D eigenvalue weighted by molar-refractivity contribution is 5.78. The van der Waals surface area contributed by atoms with E-state index in [-0.39, 0.29) is 31.0 Å². The van der Waals surface area contributed by atoms with Gasteiger partial charge >= 0.3 is 0 Å². The van der Waals surface area contributed by atoms with Gasteiger partial charge in [-0.15, -0.1) is 0 Å². The van der Waals surface area contributed by atoms with Crippen molar-refractivity contribution in [1.82, 2.24) is 4.90 Å². The summed E-state index contributed by atoms with van der Waals surface area (Å²) in [4.78, 5) is 24.2. The molecule has 1 heterocycles. The Balaban J connectivity index is 1.46. The van der Waals surface area contributed by atoms with E-state index >= 15 is 0 Å². The minimum absolute atomic E-state index is 0.0715. The van der Waals surface area contributed by atoms with Gasteiger partial charge in [-0.2, -0.15) is 4.91 Å². The van der Waals surface area contributed by atoms with Crippen molar-refractivity contribution in [2.45, 2.75) is 19.1 Å². The normalized spacial score (nSPS) is 16.3. The molecule has 0 aromatic heterocycles. The number of rotatable bonds is 7. The first kappa shape index (κ1) is 17.8. The number of hydrogen-bond donors (Lipinski definition) is 0. The molecule has 1 amide bonds. The predicted octanol–water partition coefficient (Wildman–Crippen LogP) is 3.15. The van der Waals surface area contributed by atoms with Gasteiger partial charge in [0.1, 0.15) is 30.0 Å². The Morgan fingerprint density at radius 2 is 2.00 bits per heavy atom. The first-order valence-corrected chi connectivity index (χ1v) is 8.35. The Morgan fingerprint density at radius 3 is 2.73 bits per heavy atom. The molecule has 1 aliphatic heterocycles. The van der Waals surface area contributed by atoms with Crippen LogP contribution in [0.25, 0.3) is 0 Å². The molecule has 0 N–H and O–H groups in total. The molecule has 7 heteroatoms. The Kier molecular flexibility index (Phi) is 5.78. The van der Waals surface area contributed by atoms with Gasteiger partial charge in [-0.3, -0.25) is 4.79 Å².